The molecule has 0 saturated heterocycles. The topological polar surface area (TPSA) is 29.1 Å². The Labute approximate surface area is 81.9 Å². The zero-order valence-corrected chi connectivity index (χ0v) is 7.90. The zero-order valence-electron chi connectivity index (χ0n) is 7.14. The van der Waals surface area contributed by atoms with E-state index >= 15 is 0 Å². The van der Waals surface area contributed by atoms with Crippen molar-refractivity contribution in [3.05, 3.63) is 34.3 Å². The SMILES string of the molecule is O=C1CCNCc2ccc(Cl)cc21. The molecule has 1 aromatic rings. The van der Waals surface area contributed by atoms with Gasteiger partial charge >= 0.3 is 0 Å². The number of fused-ring (bicyclic) bond motifs is 1. The number of carbonyl (C=O) groups is 1. The molecule has 0 saturated carbocycles. The van der Waals surface area contributed by atoms with Gasteiger partial charge in [0.1, 0.15) is 0 Å². The molecular formula is C10H10ClNO. The van der Waals surface area contributed by atoms with Gasteiger partial charge in [0, 0.05) is 30.1 Å². The Hall–Kier alpha value is -0.860. The fraction of sp³-hybridized carbons (Fsp3) is 0.300. The summed E-state index contributed by atoms with van der Waals surface area (Å²) in [4.78, 5) is 11.6. The van der Waals surface area contributed by atoms with Crippen LogP contribution in [0, 0.1) is 0 Å². The molecule has 0 spiro atoms. The van der Waals surface area contributed by atoms with Crippen molar-refractivity contribution in [2.24, 2.45) is 0 Å². The molecule has 0 aliphatic carbocycles. The van der Waals surface area contributed by atoms with Gasteiger partial charge in [-0.05, 0) is 17.7 Å². The molecular weight excluding hydrogens is 186 g/mol. The number of rotatable bonds is 0. The number of hydrogen-bond acceptors (Lipinski definition) is 2. The molecule has 1 aromatic carbocycles. The van der Waals surface area contributed by atoms with Crippen molar-refractivity contribution in [3.63, 3.8) is 0 Å². The summed E-state index contributed by atoms with van der Waals surface area (Å²) in [6.07, 6.45) is 0.563. The fourth-order valence-corrected chi connectivity index (χ4v) is 1.69. The summed E-state index contributed by atoms with van der Waals surface area (Å²) in [5.41, 5.74) is 1.82. The molecule has 2 nitrogen and oxygen atoms in total. The summed E-state index contributed by atoms with van der Waals surface area (Å²) in [7, 11) is 0. The third-order valence-electron chi connectivity index (χ3n) is 2.22. The Morgan fingerprint density at radius 2 is 2.23 bits per heavy atom. The van der Waals surface area contributed by atoms with Gasteiger partial charge in [-0.1, -0.05) is 17.7 Å². The first-order chi connectivity index (χ1) is 6.27. The van der Waals surface area contributed by atoms with E-state index in [9.17, 15) is 4.79 Å². The fourth-order valence-electron chi connectivity index (χ4n) is 1.52. The maximum Gasteiger partial charge on any atom is 0.164 e. The van der Waals surface area contributed by atoms with E-state index in [1.807, 2.05) is 12.1 Å². The van der Waals surface area contributed by atoms with Gasteiger partial charge in [-0.2, -0.15) is 0 Å². The van der Waals surface area contributed by atoms with Crippen LogP contribution in [0.3, 0.4) is 0 Å². The van der Waals surface area contributed by atoms with Gasteiger partial charge in [-0.3, -0.25) is 4.79 Å². The summed E-state index contributed by atoms with van der Waals surface area (Å²) in [6.45, 7) is 1.52. The third kappa shape index (κ3) is 1.74. The number of benzene rings is 1. The summed E-state index contributed by atoms with van der Waals surface area (Å²) in [5.74, 6) is 0.183. The van der Waals surface area contributed by atoms with Crippen LogP contribution in [0.15, 0.2) is 18.2 Å². The lowest BCUT2D eigenvalue weighted by Gasteiger charge is -2.03. The van der Waals surface area contributed by atoms with Crippen molar-refractivity contribution in [3.8, 4) is 0 Å². The standard InChI is InChI=1S/C10H10ClNO/c11-8-2-1-7-6-12-4-3-10(13)9(7)5-8/h1-2,5,12H,3-4,6H2. The summed E-state index contributed by atoms with van der Waals surface area (Å²) in [6, 6.07) is 5.49. The largest absolute Gasteiger partial charge is 0.312 e. The number of hydrogen-bond donors (Lipinski definition) is 1. The second-order valence-corrected chi connectivity index (χ2v) is 3.59. The van der Waals surface area contributed by atoms with Gasteiger partial charge in [0.25, 0.3) is 0 Å². The highest BCUT2D eigenvalue weighted by atomic mass is 35.5. The highest BCUT2D eigenvalue weighted by Crippen LogP contribution is 2.19. The first-order valence-corrected chi connectivity index (χ1v) is 4.67. The first kappa shape index (κ1) is 8.73. The smallest absolute Gasteiger partial charge is 0.164 e. The number of ketones is 1. The van der Waals surface area contributed by atoms with E-state index in [1.165, 1.54) is 0 Å². The van der Waals surface area contributed by atoms with Crippen LogP contribution in [0.4, 0.5) is 0 Å². The van der Waals surface area contributed by atoms with Gasteiger partial charge in [-0.25, -0.2) is 0 Å². The van der Waals surface area contributed by atoms with Gasteiger partial charge in [0.15, 0.2) is 5.78 Å². The van der Waals surface area contributed by atoms with Crippen LogP contribution < -0.4 is 5.32 Å². The predicted molar refractivity (Wildman–Crippen MR) is 52.1 cm³/mol. The summed E-state index contributed by atoms with van der Waals surface area (Å²) >= 11 is 5.82. The van der Waals surface area contributed by atoms with E-state index in [2.05, 4.69) is 5.32 Å². The molecule has 0 radical (unpaired) electrons. The van der Waals surface area contributed by atoms with Crippen molar-refractivity contribution in [2.75, 3.05) is 6.54 Å². The van der Waals surface area contributed by atoms with E-state index in [0.29, 0.717) is 11.4 Å². The molecule has 0 atom stereocenters. The molecule has 0 amide bonds. The molecule has 3 heteroatoms. The van der Waals surface area contributed by atoms with Gasteiger partial charge < -0.3 is 5.32 Å². The molecule has 0 unspecified atom stereocenters. The lowest BCUT2D eigenvalue weighted by molar-refractivity contribution is 0.0985. The maximum absolute atomic E-state index is 11.6. The van der Waals surface area contributed by atoms with E-state index in [1.54, 1.807) is 6.07 Å². The molecule has 1 heterocycles. The Kier molecular flexibility index (Phi) is 2.34. The molecule has 68 valence electrons. The molecule has 1 N–H and O–H groups in total. The Bertz CT molecular complexity index is 349. The normalized spacial score (nSPS) is 16.5. The lowest BCUT2D eigenvalue weighted by atomic mass is 10.0. The van der Waals surface area contributed by atoms with Crippen molar-refractivity contribution in [2.45, 2.75) is 13.0 Å². The van der Waals surface area contributed by atoms with Gasteiger partial charge in [0.2, 0.25) is 0 Å². The van der Waals surface area contributed by atoms with Crippen LogP contribution >= 0.6 is 11.6 Å². The minimum Gasteiger partial charge on any atom is -0.312 e. The van der Waals surface area contributed by atoms with E-state index in [0.717, 1.165) is 24.2 Å². The Balaban J connectivity index is 2.49. The van der Waals surface area contributed by atoms with E-state index in [-0.39, 0.29) is 5.78 Å². The highest BCUT2D eigenvalue weighted by Gasteiger charge is 2.14. The average molecular weight is 196 g/mol. The van der Waals surface area contributed by atoms with Gasteiger partial charge in [-0.15, -0.1) is 0 Å². The van der Waals surface area contributed by atoms with E-state index < -0.39 is 0 Å². The van der Waals surface area contributed by atoms with Crippen molar-refractivity contribution in [1.82, 2.24) is 5.32 Å². The van der Waals surface area contributed by atoms with Crippen LogP contribution in [0.2, 0.25) is 5.02 Å². The Morgan fingerprint density at radius 3 is 3.08 bits per heavy atom. The van der Waals surface area contributed by atoms with Crippen molar-refractivity contribution >= 4 is 17.4 Å². The van der Waals surface area contributed by atoms with Crippen LogP contribution in [0.5, 0.6) is 0 Å². The summed E-state index contributed by atoms with van der Waals surface area (Å²) < 4.78 is 0. The van der Waals surface area contributed by atoms with Gasteiger partial charge in [0.05, 0.1) is 0 Å². The molecule has 0 aromatic heterocycles. The number of Topliss-reactive ketones (excluding diaryl/α,β-unsaturated/α-hetero) is 1. The number of carbonyl (C=O) groups excluding carboxylic acids is 1. The molecule has 2 rings (SSSR count). The lowest BCUT2D eigenvalue weighted by Crippen LogP contribution is -2.12. The highest BCUT2D eigenvalue weighted by molar-refractivity contribution is 6.31. The summed E-state index contributed by atoms with van der Waals surface area (Å²) in [5, 5.41) is 3.82. The number of halogens is 1. The molecule has 0 bridgehead atoms. The molecule has 0 fully saturated rings. The van der Waals surface area contributed by atoms with Crippen molar-refractivity contribution in [1.29, 1.82) is 0 Å². The average Bonchev–Trinajstić information content (AvgIpc) is 2.29. The minimum absolute atomic E-state index is 0.183. The molecule has 1 aliphatic heterocycles. The maximum atomic E-state index is 11.6. The molecule has 1 aliphatic rings. The second-order valence-electron chi connectivity index (χ2n) is 3.15. The Morgan fingerprint density at radius 1 is 1.38 bits per heavy atom. The predicted octanol–water partition coefficient (Wildman–Crippen LogP) is 2.02. The van der Waals surface area contributed by atoms with Crippen LogP contribution in [-0.2, 0) is 6.54 Å². The quantitative estimate of drug-likeness (QED) is 0.686. The second kappa shape index (κ2) is 3.48. The minimum atomic E-state index is 0.183. The molecule has 13 heavy (non-hydrogen) atoms. The third-order valence-corrected chi connectivity index (χ3v) is 2.45. The van der Waals surface area contributed by atoms with Crippen LogP contribution in [-0.4, -0.2) is 12.3 Å². The van der Waals surface area contributed by atoms with Crippen molar-refractivity contribution < 1.29 is 4.79 Å². The zero-order chi connectivity index (χ0) is 9.26. The first-order valence-electron chi connectivity index (χ1n) is 4.30. The number of nitrogens with one attached hydrogen (secondary N) is 1. The van der Waals surface area contributed by atoms with E-state index in [4.69, 9.17) is 11.6 Å². The monoisotopic (exact) mass is 195 g/mol. The van der Waals surface area contributed by atoms with Crippen LogP contribution in [0.25, 0.3) is 0 Å². The van der Waals surface area contributed by atoms with Crippen LogP contribution in [0.1, 0.15) is 22.3 Å².